The largest absolute Gasteiger partial charge is 0.493 e. The van der Waals surface area contributed by atoms with Crippen LogP contribution in [0.5, 0.6) is 11.5 Å². The third kappa shape index (κ3) is 4.56. The first-order valence-electron chi connectivity index (χ1n) is 6.75. The lowest BCUT2D eigenvalue weighted by atomic mass is 10.1. The van der Waals surface area contributed by atoms with Crippen molar-refractivity contribution in [2.75, 3.05) is 14.2 Å². The van der Waals surface area contributed by atoms with Crippen molar-refractivity contribution in [3.8, 4) is 11.5 Å². The number of carbonyl (C=O) groups excluding carboxylic acids is 2. The van der Waals surface area contributed by atoms with Gasteiger partial charge in [0, 0.05) is 4.47 Å². The number of methoxy groups -OCH3 is 2. The van der Waals surface area contributed by atoms with Gasteiger partial charge in [-0.15, -0.1) is 0 Å². The fraction of sp³-hybridized carbons (Fsp3) is 0.176. The monoisotopic (exact) mass is 378 g/mol. The summed E-state index contributed by atoms with van der Waals surface area (Å²) in [6.45, 7) is 0. The normalized spacial score (nSPS) is 10.0. The van der Waals surface area contributed by atoms with Crippen LogP contribution in [0.15, 0.2) is 46.9 Å². The van der Waals surface area contributed by atoms with E-state index in [9.17, 15) is 9.59 Å². The number of carbonyl (C=O) groups is 2. The van der Waals surface area contributed by atoms with Gasteiger partial charge in [-0.3, -0.25) is 4.79 Å². The molecule has 0 spiro atoms. The molecule has 0 amide bonds. The molecule has 23 heavy (non-hydrogen) atoms. The Bertz CT molecular complexity index is 709. The molecule has 6 heteroatoms. The second-order valence-electron chi connectivity index (χ2n) is 4.63. The highest BCUT2D eigenvalue weighted by Crippen LogP contribution is 2.28. The molecule has 0 saturated carbocycles. The van der Waals surface area contributed by atoms with E-state index in [1.807, 2.05) is 24.3 Å². The van der Waals surface area contributed by atoms with Gasteiger partial charge in [0.1, 0.15) is 0 Å². The Balaban J connectivity index is 2.10. The number of esters is 2. The smallest absolute Gasteiger partial charge is 0.337 e. The summed E-state index contributed by atoms with van der Waals surface area (Å²) in [6.07, 6.45) is 0.134. The lowest BCUT2D eigenvalue weighted by Gasteiger charge is -2.10. The van der Waals surface area contributed by atoms with E-state index in [1.165, 1.54) is 32.4 Å². The van der Waals surface area contributed by atoms with Crippen LogP contribution in [0.25, 0.3) is 0 Å². The average Bonchev–Trinajstić information content (AvgIpc) is 2.56. The van der Waals surface area contributed by atoms with Crippen molar-refractivity contribution in [3.05, 3.63) is 58.1 Å². The molecule has 120 valence electrons. The average molecular weight is 379 g/mol. The topological polar surface area (TPSA) is 61.8 Å². The summed E-state index contributed by atoms with van der Waals surface area (Å²) in [7, 11) is 2.73. The number of rotatable bonds is 5. The van der Waals surface area contributed by atoms with Gasteiger partial charge in [-0.25, -0.2) is 4.79 Å². The number of halogens is 1. The van der Waals surface area contributed by atoms with Crippen LogP contribution < -0.4 is 9.47 Å². The van der Waals surface area contributed by atoms with Gasteiger partial charge in [0.2, 0.25) is 0 Å². The quantitative estimate of drug-likeness (QED) is 0.589. The fourth-order valence-electron chi connectivity index (χ4n) is 1.92. The third-order valence-electron chi connectivity index (χ3n) is 3.07. The molecule has 0 unspecified atom stereocenters. The Morgan fingerprint density at radius 3 is 2.30 bits per heavy atom. The van der Waals surface area contributed by atoms with E-state index in [0.29, 0.717) is 5.56 Å². The van der Waals surface area contributed by atoms with Crippen molar-refractivity contribution in [3.63, 3.8) is 0 Å². The van der Waals surface area contributed by atoms with Gasteiger partial charge in [-0.1, -0.05) is 28.1 Å². The Labute approximate surface area is 142 Å². The summed E-state index contributed by atoms with van der Waals surface area (Å²) in [4.78, 5) is 23.5. The third-order valence-corrected chi connectivity index (χ3v) is 3.60. The molecule has 0 aliphatic rings. The van der Waals surface area contributed by atoms with Gasteiger partial charge in [0.15, 0.2) is 11.5 Å². The maximum atomic E-state index is 12.0. The standard InChI is InChI=1S/C17H15BrO5/c1-21-15-10-12(17(20)22-2)5-8-14(15)23-16(19)9-11-3-6-13(18)7-4-11/h3-8,10H,9H2,1-2H3. The molecule has 0 heterocycles. The van der Waals surface area contributed by atoms with E-state index >= 15 is 0 Å². The molecule has 2 aromatic carbocycles. The second kappa shape index (κ2) is 7.78. The Morgan fingerprint density at radius 1 is 1.00 bits per heavy atom. The van der Waals surface area contributed by atoms with Gasteiger partial charge < -0.3 is 14.2 Å². The highest BCUT2D eigenvalue weighted by Gasteiger charge is 2.14. The number of ether oxygens (including phenoxy) is 3. The zero-order valence-electron chi connectivity index (χ0n) is 12.7. The molecule has 0 aliphatic carbocycles. The zero-order valence-corrected chi connectivity index (χ0v) is 14.3. The maximum absolute atomic E-state index is 12.0. The molecule has 0 aliphatic heterocycles. The van der Waals surface area contributed by atoms with E-state index in [4.69, 9.17) is 9.47 Å². The van der Waals surface area contributed by atoms with Crippen LogP contribution in [0, 0.1) is 0 Å². The summed E-state index contributed by atoms with van der Waals surface area (Å²) in [6, 6.07) is 11.9. The van der Waals surface area contributed by atoms with Crippen molar-refractivity contribution in [1.29, 1.82) is 0 Å². The molecule has 0 atom stereocenters. The first kappa shape index (κ1) is 17.0. The summed E-state index contributed by atoms with van der Waals surface area (Å²) in [5.74, 6) is -0.369. The van der Waals surface area contributed by atoms with Crippen LogP contribution in [0.2, 0.25) is 0 Å². The summed E-state index contributed by atoms with van der Waals surface area (Å²) >= 11 is 3.34. The predicted octanol–water partition coefficient (Wildman–Crippen LogP) is 3.39. The minimum Gasteiger partial charge on any atom is -0.493 e. The van der Waals surface area contributed by atoms with E-state index in [0.717, 1.165) is 10.0 Å². The molecular weight excluding hydrogens is 364 g/mol. The highest BCUT2D eigenvalue weighted by molar-refractivity contribution is 9.10. The van der Waals surface area contributed by atoms with Crippen LogP contribution in [-0.4, -0.2) is 26.2 Å². The van der Waals surface area contributed by atoms with Crippen molar-refractivity contribution < 1.29 is 23.8 Å². The van der Waals surface area contributed by atoms with Crippen molar-refractivity contribution in [1.82, 2.24) is 0 Å². The summed E-state index contributed by atoms with van der Waals surface area (Å²) in [5.41, 5.74) is 1.15. The Kier molecular flexibility index (Phi) is 5.76. The minimum atomic E-state index is -0.490. The molecule has 0 radical (unpaired) electrons. The number of benzene rings is 2. The van der Waals surface area contributed by atoms with Gasteiger partial charge in [-0.2, -0.15) is 0 Å². The first-order chi connectivity index (χ1) is 11.0. The zero-order chi connectivity index (χ0) is 16.8. The summed E-state index contributed by atoms with van der Waals surface area (Å²) < 4.78 is 16.0. The molecule has 2 aromatic rings. The van der Waals surface area contributed by atoms with Crippen molar-refractivity contribution >= 4 is 27.9 Å². The molecule has 0 saturated heterocycles. The van der Waals surface area contributed by atoms with Gasteiger partial charge >= 0.3 is 11.9 Å². The van der Waals surface area contributed by atoms with Crippen LogP contribution in [-0.2, 0) is 16.0 Å². The van der Waals surface area contributed by atoms with Gasteiger partial charge in [0.25, 0.3) is 0 Å². The maximum Gasteiger partial charge on any atom is 0.337 e. The van der Waals surface area contributed by atoms with E-state index in [-0.39, 0.29) is 17.9 Å². The number of hydrogen-bond acceptors (Lipinski definition) is 5. The first-order valence-corrected chi connectivity index (χ1v) is 7.54. The minimum absolute atomic E-state index is 0.134. The SMILES string of the molecule is COC(=O)c1ccc(OC(=O)Cc2ccc(Br)cc2)c(OC)c1. The lowest BCUT2D eigenvalue weighted by Crippen LogP contribution is -2.12. The fourth-order valence-corrected chi connectivity index (χ4v) is 2.19. The molecule has 0 aromatic heterocycles. The van der Waals surface area contributed by atoms with Gasteiger partial charge in [-0.05, 0) is 35.9 Å². The van der Waals surface area contributed by atoms with E-state index in [1.54, 1.807) is 0 Å². The molecular formula is C17H15BrO5. The predicted molar refractivity (Wildman–Crippen MR) is 87.8 cm³/mol. The second-order valence-corrected chi connectivity index (χ2v) is 5.55. The van der Waals surface area contributed by atoms with E-state index in [2.05, 4.69) is 20.7 Å². The van der Waals surface area contributed by atoms with Crippen LogP contribution in [0.1, 0.15) is 15.9 Å². The van der Waals surface area contributed by atoms with Gasteiger partial charge in [0.05, 0.1) is 26.2 Å². The van der Waals surface area contributed by atoms with Crippen LogP contribution in [0.3, 0.4) is 0 Å². The Hall–Kier alpha value is -2.34. The van der Waals surface area contributed by atoms with Crippen molar-refractivity contribution in [2.45, 2.75) is 6.42 Å². The molecule has 0 N–H and O–H groups in total. The number of hydrogen-bond donors (Lipinski definition) is 0. The molecule has 0 fully saturated rings. The van der Waals surface area contributed by atoms with Crippen molar-refractivity contribution in [2.24, 2.45) is 0 Å². The molecule has 5 nitrogen and oxygen atoms in total. The molecule has 2 rings (SSSR count). The summed E-state index contributed by atoms with van der Waals surface area (Å²) in [5, 5.41) is 0. The molecule has 0 bridgehead atoms. The van der Waals surface area contributed by atoms with Crippen LogP contribution in [0.4, 0.5) is 0 Å². The van der Waals surface area contributed by atoms with E-state index < -0.39 is 11.9 Å². The Morgan fingerprint density at radius 2 is 1.70 bits per heavy atom. The van der Waals surface area contributed by atoms with Crippen LogP contribution >= 0.6 is 15.9 Å². The lowest BCUT2D eigenvalue weighted by molar-refractivity contribution is -0.133. The highest BCUT2D eigenvalue weighted by atomic mass is 79.9.